The number of hydrogen-bond acceptors (Lipinski definition) is 5. The van der Waals surface area contributed by atoms with Gasteiger partial charge in [-0.2, -0.15) is 0 Å². The molecule has 3 rings (SSSR count). The number of para-hydroxylation sites is 1. The van der Waals surface area contributed by atoms with E-state index in [1.807, 2.05) is 13.0 Å². The van der Waals surface area contributed by atoms with Gasteiger partial charge in [0.05, 0.1) is 6.61 Å². The number of ether oxygens (including phenoxy) is 1. The van der Waals surface area contributed by atoms with Gasteiger partial charge in [-0.05, 0) is 25.5 Å². The van der Waals surface area contributed by atoms with Crippen molar-refractivity contribution in [1.29, 1.82) is 0 Å². The fraction of sp³-hybridized carbons (Fsp3) is 0.400. The van der Waals surface area contributed by atoms with Crippen LogP contribution in [0, 0.1) is 6.92 Å². The minimum Gasteiger partial charge on any atom is -0.383 e. The number of carbonyl (C=O) groups excluding carboxylic acids is 1. The lowest BCUT2D eigenvalue weighted by atomic mass is 10.3. The van der Waals surface area contributed by atoms with Gasteiger partial charge in [-0.25, -0.2) is 14.3 Å². The molecule has 0 unspecified atom stereocenters. The van der Waals surface area contributed by atoms with E-state index in [1.165, 1.54) is 4.57 Å². The molecule has 9 heteroatoms. The highest BCUT2D eigenvalue weighted by molar-refractivity contribution is 5.90. The van der Waals surface area contributed by atoms with E-state index in [2.05, 4.69) is 10.3 Å². The Hall–Kier alpha value is -3.20. The van der Waals surface area contributed by atoms with E-state index < -0.39 is 17.2 Å². The Morgan fingerprint density at radius 3 is 2.48 bits per heavy atom. The predicted octanol–water partition coefficient (Wildman–Crippen LogP) is 1.36. The maximum Gasteiger partial charge on any atom is 0.333 e. The maximum absolute atomic E-state index is 13.2. The van der Waals surface area contributed by atoms with Gasteiger partial charge in [-0.1, -0.05) is 25.1 Å². The lowest BCUT2D eigenvalue weighted by Gasteiger charge is -2.12. The lowest BCUT2D eigenvalue weighted by molar-refractivity contribution is -0.116. The van der Waals surface area contributed by atoms with E-state index >= 15 is 0 Å². The number of nitrogens with one attached hydrogen (secondary N) is 1. The molecular formula is C20H25N5O4. The second-order valence-electron chi connectivity index (χ2n) is 6.72. The molecule has 0 aliphatic rings. The molecule has 9 nitrogen and oxygen atoms in total. The van der Waals surface area contributed by atoms with Crippen molar-refractivity contribution in [2.45, 2.75) is 39.9 Å². The molecule has 0 spiro atoms. The van der Waals surface area contributed by atoms with Gasteiger partial charge in [-0.3, -0.25) is 14.2 Å². The highest BCUT2D eigenvalue weighted by Gasteiger charge is 2.21. The molecule has 1 aromatic carbocycles. The SMILES string of the molecule is CCCn1c(=O)n(CC(=O)Nc2ccccc2)c(=O)c2c1nc(C)n2CCOC. The van der Waals surface area contributed by atoms with Crippen molar-refractivity contribution in [3.63, 3.8) is 0 Å². The molecule has 1 N–H and O–H groups in total. The van der Waals surface area contributed by atoms with Crippen LogP contribution in [0.1, 0.15) is 19.2 Å². The van der Waals surface area contributed by atoms with Crippen LogP contribution in [-0.4, -0.2) is 38.3 Å². The zero-order chi connectivity index (χ0) is 21.0. The van der Waals surface area contributed by atoms with E-state index in [0.29, 0.717) is 48.8 Å². The summed E-state index contributed by atoms with van der Waals surface area (Å²) in [7, 11) is 1.58. The van der Waals surface area contributed by atoms with Crippen molar-refractivity contribution in [1.82, 2.24) is 18.7 Å². The number of anilines is 1. The van der Waals surface area contributed by atoms with E-state index in [4.69, 9.17) is 4.74 Å². The number of aryl methyl sites for hydroxylation is 2. The van der Waals surface area contributed by atoms with Gasteiger partial charge in [0, 0.05) is 25.9 Å². The van der Waals surface area contributed by atoms with Crippen molar-refractivity contribution in [2.75, 3.05) is 19.0 Å². The van der Waals surface area contributed by atoms with Crippen LogP contribution < -0.4 is 16.6 Å². The molecule has 29 heavy (non-hydrogen) atoms. The summed E-state index contributed by atoms with van der Waals surface area (Å²) in [5.74, 6) is 0.169. The first-order chi connectivity index (χ1) is 14.0. The van der Waals surface area contributed by atoms with Crippen LogP contribution in [-0.2, 0) is 29.2 Å². The first-order valence-corrected chi connectivity index (χ1v) is 9.52. The largest absolute Gasteiger partial charge is 0.383 e. The lowest BCUT2D eigenvalue weighted by Crippen LogP contribution is -2.43. The number of benzene rings is 1. The molecule has 2 aromatic heterocycles. The Labute approximate surface area is 167 Å². The molecule has 0 saturated carbocycles. The number of hydrogen-bond donors (Lipinski definition) is 1. The van der Waals surface area contributed by atoms with Crippen LogP contribution in [0.2, 0.25) is 0 Å². The minimum atomic E-state index is -0.538. The van der Waals surface area contributed by atoms with E-state index in [1.54, 1.807) is 42.9 Å². The first kappa shape index (κ1) is 20.5. The average Bonchev–Trinajstić information content (AvgIpc) is 3.03. The molecule has 0 bridgehead atoms. The highest BCUT2D eigenvalue weighted by Crippen LogP contribution is 2.12. The summed E-state index contributed by atoms with van der Waals surface area (Å²) in [4.78, 5) is 43.1. The van der Waals surface area contributed by atoms with Gasteiger partial charge >= 0.3 is 5.69 Å². The molecule has 154 valence electrons. The van der Waals surface area contributed by atoms with Crippen LogP contribution in [0.15, 0.2) is 39.9 Å². The molecule has 2 heterocycles. The van der Waals surface area contributed by atoms with Crippen molar-refractivity contribution in [2.24, 2.45) is 0 Å². The standard InChI is InChI=1S/C20H25N5O4/c1-4-10-24-18-17(23(11-12-29-3)14(2)21-18)19(27)25(20(24)28)13-16(26)22-15-8-6-5-7-9-15/h5-9H,4,10-13H2,1-3H3,(H,22,26). The first-order valence-electron chi connectivity index (χ1n) is 9.52. The van der Waals surface area contributed by atoms with Gasteiger partial charge in [0.2, 0.25) is 5.91 Å². The van der Waals surface area contributed by atoms with Gasteiger partial charge in [0.25, 0.3) is 5.56 Å². The van der Waals surface area contributed by atoms with Crippen LogP contribution >= 0.6 is 0 Å². The normalized spacial score (nSPS) is 11.1. The zero-order valence-electron chi connectivity index (χ0n) is 16.8. The Balaban J connectivity index is 2.09. The average molecular weight is 399 g/mol. The number of methoxy groups -OCH3 is 1. The summed E-state index contributed by atoms with van der Waals surface area (Å²) in [5, 5.41) is 2.71. The van der Waals surface area contributed by atoms with Crippen LogP contribution in [0.5, 0.6) is 0 Å². The van der Waals surface area contributed by atoms with E-state index in [-0.39, 0.29) is 6.54 Å². The fourth-order valence-electron chi connectivity index (χ4n) is 3.29. The Morgan fingerprint density at radius 2 is 1.83 bits per heavy atom. The van der Waals surface area contributed by atoms with Gasteiger partial charge < -0.3 is 14.6 Å². The molecule has 0 aliphatic carbocycles. The monoisotopic (exact) mass is 399 g/mol. The minimum absolute atomic E-state index is 0.306. The van der Waals surface area contributed by atoms with Crippen molar-refractivity contribution < 1.29 is 9.53 Å². The second-order valence-corrected chi connectivity index (χ2v) is 6.72. The molecule has 0 radical (unpaired) electrons. The van der Waals surface area contributed by atoms with Crippen molar-refractivity contribution in [3.8, 4) is 0 Å². The Kier molecular flexibility index (Phi) is 6.28. The topological polar surface area (TPSA) is 100 Å². The number of aromatic nitrogens is 4. The number of amides is 1. The third-order valence-corrected chi connectivity index (χ3v) is 4.63. The van der Waals surface area contributed by atoms with Gasteiger partial charge in [0.1, 0.15) is 12.4 Å². The maximum atomic E-state index is 13.2. The quantitative estimate of drug-likeness (QED) is 0.617. The van der Waals surface area contributed by atoms with Crippen molar-refractivity contribution >= 4 is 22.8 Å². The number of fused-ring (bicyclic) bond motifs is 1. The molecule has 0 aliphatic heterocycles. The zero-order valence-corrected chi connectivity index (χ0v) is 16.8. The Bertz CT molecular complexity index is 1130. The Morgan fingerprint density at radius 1 is 1.10 bits per heavy atom. The molecule has 1 amide bonds. The summed E-state index contributed by atoms with van der Waals surface area (Å²) in [6.07, 6.45) is 0.688. The smallest absolute Gasteiger partial charge is 0.333 e. The molecule has 3 aromatic rings. The van der Waals surface area contributed by atoms with Crippen molar-refractivity contribution in [3.05, 3.63) is 57.0 Å². The summed E-state index contributed by atoms with van der Waals surface area (Å²) in [6, 6.07) is 8.89. The van der Waals surface area contributed by atoms with Crippen LogP contribution in [0.4, 0.5) is 5.69 Å². The van der Waals surface area contributed by atoms with E-state index in [9.17, 15) is 14.4 Å². The third kappa shape index (κ3) is 4.14. The fourth-order valence-corrected chi connectivity index (χ4v) is 3.29. The van der Waals surface area contributed by atoms with E-state index in [0.717, 1.165) is 4.57 Å². The highest BCUT2D eigenvalue weighted by atomic mass is 16.5. The molecule has 0 atom stereocenters. The summed E-state index contributed by atoms with van der Waals surface area (Å²) >= 11 is 0. The van der Waals surface area contributed by atoms with Gasteiger partial charge in [0.15, 0.2) is 11.2 Å². The summed E-state index contributed by atoms with van der Waals surface area (Å²) in [5.41, 5.74) is 0.179. The predicted molar refractivity (Wildman–Crippen MR) is 110 cm³/mol. The number of rotatable bonds is 8. The van der Waals surface area contributed by atoms with Crippen LogP contribution in [0.3, 0.4) is 0 Å². The van der Waals surface area contributed by atoms with Gasteiger partial charge in [-0.15, -0.1) is 0 Å². The van der Waals surface area contributed by atoms with Crippen LogP contribution in [0.25, 0.3) is 11.2 Å². The molecular weight excluding hydrogens is 374 g/mol. The molecule has 0 fully saturated rings. The summed E-state index contributed by atoms with van der Waals surface area (Å²) < 4.78 is 9.30. The number of carbonyl (C=O) groups is 1. The second kappa shape index (κ2) is 8.87. The number of nitrogens with zero attached hydrogens (tertiary/aromatic N) is 4. The summed E-state index contributed by atoms with van der Waals surface area (Å²) in [6.45, 7) is 4.56. The number of imidazole rings is 1. The third-order valence-electron chi connectivity index (χ3n) is 4.63. The molecule has 0 saturated heterocycles.